The van der Waals surface area contributed by atoms with Crippen molar-refractivity contribution in [3.63, 3.8) is 0 Å². The molecule has 8 heteroatoms. The van der Waals surface area contributed by atoms with Gasteiger partial charge in [0.2, 0.25) is 0 Å². The smallest absolute Gasteiger partial charge is 0.334 e. The van der Waals surface area contributed by atoms with Gasteiger partial charge in [0, 0.05) is 28.9 Å². The molecule has 1 aliphatic heterocycles. The summed E-state index contributed by atoms with van der Waals surface area (Å²) in [5.74, 6) is -2.43. The Morgan fingerprint density at radius 2 is 1.82 bits per heavy atom. The number of carbonyl (C=O) groups excluding carboxylic acids is 2. The van der Waals surface area contributed by atoms with Gasteiger partial charge in [0.15, 0.2) is 0 Å². The summed E-state index contributed by atoms with van der Waals surface area (Å²) in [5.41, 5.74) is -1.34. The summed E-state index contributed by atoms with van der Waals surface area (Å²) in [7, 11) is 0. The summed E-state index contributed by atoms with van der Waals surface area (Å²) in [4.78, 5) is 23.4. The molecule has 4 atom stereocenters. The van der Waals surface area contributed by atoms with Gasteiger partial charge in [-0.15, -0.1) is 0 Å². The Morgan fingerprint density at radius 1 is 1.24 bits per heavy atom. The van der Waals surface area contributed by atoms with E-state index in [1.807, 2.05) is 27.7 Å². The molecule has 0 fully saturated rings. The molecule has 3 N–H and O–H groups in total. The quantitative estimate of drug-likeness (QED) is 0.158. The molecule has 0 aromatic rings. The van der Waals surface area contributed by atoms with Crippen LogP contribution in [-0.2, 0) is 19.1 Å². The molecule has 0 aliphatic carbocycles. The van der Waals surface area contributed by atoms with Gasteiger partial charge >= 0.3 is 11.9 Å². The van der Waals surface area contributed by atoms with Gasteiger partial charge in [-0.2, -0.15) is 0 Å². The fourth-order valence-electron chi connectivity index (χ4n) is 4.83. The zero-order valence-electron chi connectivity index (χ0n) is 21.2. The van der Waals surface area contributed by atoms with Crippen LogP contribution in [0.5, 0.6) is 0 Å². The van der Waals surface area contributed by atoms with Gasteiger partial charge < -0.3 is 24.8 Å². The Bertz CT molecular complexity index is 718. The predicted octanol–water partition coefficient (Wildman–Crippen LogP) is 4.44. The van der Waals surface area contributed by atoms with Crippen LogP contribution in [0, 0.1) is 10.8 Å². The Balaban J connectivity index is 2.78. The molecule has 0 saturated heterocycles. The Hall–Kier alpha value is -0.710. The highest BCUT2D eigenvalue weighted by Crippen LogP contribution is 2.42. The van der Waals surface area contributed by atoms with Crippen LogP contribution in [0.4, 0.5) is 0 Å². The van der Waals surface area contributed by atoms with Crippen molar-refractivity contribution in [1.82, 2.24) is 0 Å². The first-order chi connectivity index (χ1) is 15.0. The van der Waals surface area contributed by atoms with Gasteiger partial charge in [-0.25, -0.2) is 4.79 Å². The normalized spacial score (nSPS) is 22.9. The number of esters is 2. The zero-order chi connectivity index (χ0) is 25.7. The standard InChI is InChI=1S/C25H43IO7/c1-8-9-20(26)24(31,16-27)15-23(6,7)14-19(29)13-22(4,5)10-11-25(32-18(3)28)17(2)12-21(30)33-25/h12,19-20,27,29,31H,8-11,13-16H2,1-7H3/t19-,20-,24-,25+/m0/s1. The molecule has 0 unspecified atom stereocenters. The number of halogens is 1. The van der Waals surface area contributed by atoms with Crippen molar-refractivity contribution in [2.75, 3.05) is 6.61 Å². The number of hydrogen-bond donors (Lipinski definition) is 3. The highest BCUT2D eigenvalue weighted by Gasteiger charge is 2.46. The average Bonchev–Trinajstić information content (AvgIpc) is 2.91. The number of alkyl halides is 1. The minimum atomic E-state index is -1.38. The van der Waals surface area contributed by atoms with E-state index in [1.165, 1.54) is 13.0 Å². The molecule has 1 aliphatic rings. The number of carbonyl (C=O) groups is 2. The van der Waals surface area contributed by atoms with Crippen molar-refractivity contribution in [3.05, 3.63) is 11.6 Å². The van der Waals surface area contributed by atoms with Crippen molar-refractivity contribution >= 4 is 34.5 Å². The largest absolute Gasteiger partial charge is 0.418 e. The van der Waals surface area contributed by atoms with E-state index in [2.05, 4.69) is 29.5 Å². The van der Waals surface area contributed by atoms with Gasteiger partial charge in [0.05, 0.1) is 18.3 Å². The lowest BCUT2D eigenvalue weighted by atomic mass is 9.72. The van der Waals surface area contributed by atoms with Gasteiger partial charge in [-0.3, -0.25) is 4.79 Å². The molecule has 0 aromatic carbocycles. The van der Waals surface area contributed by atoms with Crippen LogP contribution in [0.15, 0.2) is 11.6 Å². The fourth-order valence-corrected chi connectivity index (χ4v) is 5.87. The summed E-state index contributed by atoms with van der Waals surface area (Å²) < 4.78 is 10.7. The highest BCUT2D eigenvalue weighted by atomic mass is 127. The number of aliphatic hydroxyl groups is 3. The second-order valence-electron chi connectivity index (χ2n) is 11.2. The minimum Gasteiger partial charge on any atom is -0.418 e. The Morgan fingerprint density at radius 3 is 2.27 bits per heavy atom. The van der Waals surface area contributed by atoms with E-state index in [4.69, 9.17) is 9.47 Å². The van der Waals surface area contributed by atoms with Crippen LogP contribution >= 0.6 is 22.6 Å². The number of cyclic esters (lactones) is 1. The lowest BCUT2D eigenvalue weighted by Crippen LogP contribution is -2.46. The second-order valence-corrected chi connectivity index (χ2v) is 12.7. The fraction of sp³-hybridized carbons (Fsp3) is 0.840. The Kier molecular flexibility index (Phi) is 10.9. The van der Waals surface area contributed by atoms with Crippen molar-refractivity contribution < 1.29 is 34.4 Å². The van der Waals surface area contributed by atoms with E-state index in [-0.39, 0.29) is 21.4 Å². The third kappa shape index (κ3) is 9.11. The molecule has 0 aromatic heterocycles. The molecule has 1 heterocycles. The van der Waals surface area contributed by atoms with Gasteiger partial charge in [-0.05, 0) is 49.9 Å². The van der Waals surface area contributed by atoms with Crippen LogP contribution in [0.2, 0.25) is 0 Å². The molecule has 192 valence electrons. The van der Waals surface area contributed by atoms with Crippen molar-refractivity contribution in [1.29, 1.82) is 0 Å². The van der Waals surface area contributed by atoms with Crippen molar-refractivity contribution in [2.24, 2.45) is 10.8 Å². The molecule has 0 spiro atoms. The molecular formula is C25H43IO7. The van der Waals surface area contributed by atoms with Gasteiger partial charge in [0.25, 0.3) is 5.79 Å². The molecule has 33 heavy (non-hydrogen) atoms. The van der Waals surface area contributed by atoms with Gasteiger partial charge in [0.1, 0.15) is 0 Å². The highest BCUT2D eigenvalue weighted by molar-refractivity contribution is 14.1. The third-order valence-corrected chi connectivity index (χ3v) is 8.18. The monoisotopic (exact) mass is 582 g/mol. The van der Waals surface area contributed by atoms with Crippen LogP contribution in [0.1, 0.15) is 93.4 Å². The first-order valence-electron chi connectivity index (χ1n) is 11.8. The predicted molar refractivity (Wildman–Crippen MR) is 136 cm³/mol. The van der Waals surface area contributed by atoms with Crippen LogP contribution in [-0.4, -0.2) is 55.3 Å². The second kappa shape index (κ2) is 11.8. The molecule has 0 saturated carbocycles. The summed E-state index contributed by atoms with van der Waals surface area (Å²) in [6.07, 6.45) is 4.67. The van der Waals surface area contributed by atoms with Crippen LogP contribution in [0.25, 0.3) is 0 Å². The summed E-state index contributed by atoms with van der Waals surface area (Å²) in [6, 6.07) is 0. The van der Waals surface area contributed by atoms with E-state index in [1.54, 1.807) is 6.92 Å². The molecule has 0 radical (unpaired) electrons. The van der Waals surface area contributed by atoms with Crippen molar-refractivity contribution in [2.45, 2.75) is 115 Å². The Labute approximate surface area is 212 Å². The zero-order valence-corrected chi connectivity index (χ0v) is 23.4. The summed E-state index contributed by atoms with van der Waals surface area (Å²) in [6.45, 7) is 12.8. The number of ether oxygens (including phenoxy) is 2. The van der Waals surface area contributed by atoms with E-state index < -0.39 is 29.4 Å². The van der Waals surface area contributed by atoms with E-state index in [0.717, 1.165) is 12.8 Å². The molecule has 7 nitrogen and oxygen atoms in total. The van der Waals surface area contributed by atoms with Crippen molar-refractivity contribution in [3.8, 4) is 0 Å². The maximum absolute atomic E-state index is 11.8. The minimum absolute atomic E-state index is 0.0687. The SMILES string of the molecule is CCC[C@H](I)[C@@](O)(CO)CC(C)(C)C[C@@H](O)CC(C)(C)CC[C@@]1(OC(C)=O)OC(=O)C=C1C. The topological polar surface area (TPSA) is 113 Å². The molecule has 0 bridgehead atoms. The third-order valence-electron chi connectivity index (χ3n) is 6.40. The molecule has 1 rings (SSSR count). The lowest BCUT2D eigenvalue weighted by molar-refractivity contribution is -0.208. The summed E-state index contributed by atoms with van der Waals surface area (Å²) >= 11 is 2.21. The first kappa shape index (κ1) is 30.3. The lowest BCUT2D eigenvalue weighted by Gasteiger charge is -2.40. The number of aliphatic hydroxyl groups excluding tert-OH is 2. The van der Waals surface area contributed by atoms with Crippen LogP contribution < -0.4 is 0 Å². The maximum atomic E-state index is 11.8. The number of rotatable bonds is 14. The van der Waals surface area contributed by atoms with E-state index in [9.17, 15) is 24.9 Å². The first-order valence-corrected chi connectivity index (χ1v) is 13.0. The molecular weight excluding hydrogens is 539 g/mol. The van der Waals surface area contributed by atoms with Crippen LogP contribution in [0.3, 0.4) is 0 Å². The average molecular weight is 583 g/mol. The molecule has 0 amide bonds. The maximum Gasteiger partial charge on any atom is 0.334 e. The summed E-state index contributed by atoms with van der Waals surface area (Å²) in [5, 5.41) is 31.8. The van der Waals surface area contributed by atoms with Gasteiger partial charge in [-0.1, -0.05) is 63.6 Å². The number of hydrogen-bond acceptors (Lipinski definition) is 7. The van der Waals surface area contributed by atoms with E-state index in [0.29, 0.717) is 37.7 Å². The van der Waals surface area contributed by atoms with E-state index >= 15 is 0 Å².